The van der Waals surface area contributed by atoms with Crippen molar-refractivity contribution in [3.05, 3.63) is 118 Å². The molecule has 6 heteroatoms. The van der Waals surface area contributed by atoms with Crippen molar-refractivity contribution in [2.75, 3.05) is 5.01 Å². The lowest BCUT2D eigenvalue weighted by molar-refractivity contribution is 1.07. The molecule has 3 aromatic carbocycles. The highest BCUT2D eigenvalue weighted by atomic mass is 32.2. The molecule has 0 saturated heterocycles. The van der Waals surface area contributed by atoms with Gasteiger partial charge in [-0.3, -0.25) is 0 Å². The van der Waals surface area contributed by atoms with Gasteiger partial charge >= 0.3 is 0 Å². The summed E-state index contributed by atoms with van der Waals surface area (Å²) in [7, 11) is 0. The molecule has 4 rings (SSSR count). The molecule has 0 amide bonds. The van der Waals surface area contributed by atoms with Gasteiger partial charge < -0.3 is 0 Å². The predicted molar refractivity (Wildman–Crippen MR) is 127 cm³/mol. The van der Waals surface area contributed by atoms with E-state index in [0.29, 0.717) is 16.2 Å². The number of hydrogen-bond acceptors (Lipinski definition) is 6. The fourth-order valence-corrected chi connectivity index (χ4v) is 4.30. The topological polar surface area (TPSA) is 87.0 Å². The maximum atomic E-state index is 10.2. The average molecular weight is 430 g/mol. The molecule has 0 bridgehead atoms. The summed E-state index contributed by atoms with van der Waals surface area (Å²) < 4.78 is 0. The van der Waals surface area contributed by atoms with Gasteiger partial charge in [0, 0.05) is 11.1 Å². The monoisotopic (exact) mass is 429 g/mol. The first-order chi connectivity index (χ1) is 15.8. The summed E-state index contributed by atoms with van der Waals surface area (Å²) in [6.07, 6.45) is 0. The lowest BCUT2D eigenvalue weighted by Crippen LogP contribution is -2.12. The number of hydrogen-bond donors (Lipinski definition) is 0. The zero-order chi connectivity index (χ0) is 22.3. The van der Waals surface area contributed by atoms with E-state index in [-0.39, 0.29) is 11.1 Å². The van der Waals surface area contributed by atoms with Crippen LogP contribution >= 0.6 is 11.8 Å². The van der Waals surface area contributed by atoms with Crippen molar-refractivity contribution in [3.8, 4) is 18.2 Å². The lowest BCUT2D eigenvalue weighted by atomic mass is 9.94. The van der Waals surface area contributed by atoms with Crippen LogP contribution in [0.25, 0.3) is 5.57 Å². The normalized spacial score (nSPS) is 13.9. The Morgan fingerprint density at radius 2 is 1.28 bits per heavy atom. The Kier molecular flexibility index (Phi) is 6.14. The molecule has 0 spiro atoms. The number of rotatable bonds is 4. The van der Waals surface area contributed by atoms with Gasteiger partial charge in [-0.1, -0.05) is 78.9 Å². The number of nitriles is 3. The summed E-state index contributed by atoms with van der Waals surface area (Å²) in [6, 6.07) is 34.4. The summed E-state index contributed by atoms with van der Waals surface area (Å²) in [5, 5.41) is 37.3. The Morgan fingerprint density at radius 1 is 0.719 bits per heavy atom. The largest absolute Gasteiger partial charge is 0.224 e. The predicted octanol–water partition coefficient (Wildman–Crippen LogP) is 5.84. The SMILES string of the molecule is N#CC(C#N)=C(/C(C#N)=C1/SC(c2ccccc2)=NN1c1ccccc1)c1ccccc1. The van der Waals surface area contributed by atoms with Gasteiger partial charge in [-0.25, -0.2) is 5.01 Å². The molecule has 0 fully saturated rings. The van der Waals surface area contributed by atoms with Gasteiger partial charge in [-0.2, -0.15) is 20.9 Å². The number of anilines is 1. The molecule has 0 atom stereocenters. The summed E-state index contributed by atoms with van der Waals surface area (Å²) >= 11 is 1.34. The highest BCUT2D eigenvalue weighted by Crippen LogP contribution is 2.42. The van der Waals surface area contributed by atoms with E-state index in [4.69, 9.17) is 5.10 Å². The molecule has 1 aliphatic rings. The zero-order valence-electron chi connectivity index (χ0n) is 16.8. The fraction of sp³-hybridized carbons (Fsp3) is 0. The Morgan fingerprint density at radius 3 is 1.84 bits per heavy atom. The zero-order valence-corrected chi connectivity index (χ0v) is 17.6. The maximum Gasteiger partial charge on any atom is 0.138 e. The number of nitrogens with zero attached hydrogens (tertiary/aromatic N) is 5. The molecule has 150 valence electrons. The minimum atomic E-state index is -0.123. The van der Waals surface area contributed by atoms with Gasteiger partial charge in [-0.15, -0.1) is 0 Å². The van der Waals surface area contributed by atoms with E-state index in [1.54, 1.807) is 17.1 Å². The van der Waals surface area contributed by atoms with Gasteiger partial charge in [0.15, 0.2) is 0 Å². The van der Waals surface area contributed by atoms with E-state index in [0.717, 1.165) is 16.3 Å². The second-order valence-electron chi connectivity index (χ2n) is 6.65. The second-order valence-corrected chi connectivity index (χ2v) is 7.63. The molecule has 0 saturated carbocycles. The molecule has 32 heavy (non-hydrogen) atoms. The van der Waals surface area contributed by atoms with E-state index in [9.17, 15) is 15.8 Å². The maximum absolute atomic E-state index is 10.2. The van der Waals surface area contributed by atoms with Gasteiger partial charge in [0.25, 0.3) is 0 Å². The number of hydrazone groups is 1. The van der Waals surface area contributed by atoms with Crippen LogP contribution in [0.15, 0.2) is 112 Å². The summed E-state index contributed by atoms with van der Waals surface area (Å²) in [5.41, 5.74) is 2.70. The van der Waals surface area contributed by atoms with Crippen molar-refractivity contribution in [3.63, 3.8) is 0 Å². The first kappa shape index (κ1) is 20.7. The molecular formula is C26H15N5S. The van der Waals surface area contributed by atoms with Crippen molar-refractivity contribution in [1.29, 1.82) is 15.8 Å². The summed E-state index contributed by atoms with van der Waals surface area (Å²) in [4.78, 5) is 0. The third-order valence-corrected chi connectivity index (χ3v) is 5.79. The van der Waals surface area contributed by atoms with Crippen molar-refractivity contribution in [1.82, 2.24) is 0 Å². The highest BCUT2D eigenvalue weighted by Gasteiger charge is 2.30. The first-order valence-corrected chi connectivity index (χ1v) is 10.5. The van der Waals surface area contributed by atoms with Crippen molar-refractivity contribution in [2.45, 2.75) is 0 Å². The van der Waals surface area contributed by atoms with E-state index in [2.05, 4.69) is 6.07 Å². The van der Waals surface area contributed by atoms with Crippen LogP contribution in [-0.4, -0.2) is 5.04 Å². The minimum absolute atomic E-state index is 0.123. The molecule has 0 unspecified atom stereocenters. The number of benzene rings is 3. The van der Waals surface area contributed by atoms with Crippen LogP contribution in [0, 0.1) is 34.0 Å². The molecule has 0 N–H and O–H groups in total. The van der Waals surface area contributed by atoms with Gasteiger partial charge in [-0.05, 0) is 29.5 Å². The molecule has 0 radical (unpaired) electrons. The molecule has 5 nitrogen and oxygen atoms in total. The minimum Gasteiger partial charge on any atom is -0.224 e. The number of para-hydroxylation sites is 1. The van der Waals surface area contributed by atoms with E-state index in [1.807, 2.05) is 91.0 Å². The Hall–Kier alpha value is -4.57. The number of thioether (sulfide) groups is 1. The van der Waals surface area contributed by atoms with Crippen LogP contribution in [0.3, 0.4) is 0 Å². The standard InChI is InChI=1S/C26H15N5S/c27-16-21(17-28)24(19-10-4-1-5-11-19)23(18-29)26-31(22-14-8-3-9-15-22)30-25(32-26)20-12-6-2-7-13-20/h1-15H/b26-23+. The molecule has 1 heterocycles. The summed E-state index contributed by atoms with van der Waals surface area (Å²) in [6.45, 7) is 0. The van der Waals surface area contributed by atoms with Gasteiger partial charge in [0.2, 0.25) is 0 Å². The van der Waals surface area contributed by atoms with Crippen molar-refractivity contribution in [2.24, 2.45) is 5.10 Å². The molecule has 0 aliphatic carbocycles. The second kappa shape index (κ2) is 9.49. The number of allylic oxidation sites excluding steroid dienone is 3. The third kappa shape index (κ3) is 4.02. The molecular weight excluding hydrogens is 414 g/mol. The Labute approximate surface area is 190 Å². The molecule has 0 aromatic heterocycles. The average Bonchev–Trinajstić information content (AvgIpc) is 3.31. The highest BCUT2D eigenvalue weighted by molar-refractivity contribution is 8.18. The van der Waals surface area contributed by atoms with Gasteiger partial charge in [0.05, 0.1) is 11.3 Å². The van der Waals surface area contributed by atoms with Crippen LogP contribution < -0.4 is 5.01 Å². The molecule has 3 aromatic rings. The van der Waals surface area contributed by atoms with E-state index >= 15 is 0 Å². The molecule has 1 aliphatic heterocycles. The van der Waals surface area contributed by atoms with Crippen molar-refractivity contribution < 1.29 is 0 Å². The Balaban J connectivity index is 1.97. The van der Waals surface area contributed by atoms with Crippen LogP contribution in [0.5, 0.6) is 0 Å². The van der Waals surface area contributed by atoms with E-state index in [1.165, 1.54) is 11.8 Å². The fourth-order valence-electron chi connectivity index (χ4n) is 3.26. The Bertz CT molecular complexity index is 1340. The van der Waals surface area contributed by atoms with Crippen LogP contribution in [0.4, 0.5) is 5.69 Å². The van der Waals surface area contributed by atoms with Gasteiger partial charge in [0.1, 0.15) is 33.9 Å². The summed E-state index contributed by atoms with van der Waals surface area (Å²) in [5.74, 6) is 0. The van der Waals surface area contributed by atoms with Crippen molar-refractivity contribution >= 4 is 28.1 Å². The van der Waals surface area contributed by atoms with E-state index < -0.39 is 0 Å². The lowest BCUT2D eigenvalue weighted by Gasteiger charge is -2.18. The first-order valence-electron chi connectivity index (χ1n) is 9.68. The van der Waals surface area contributed by atoms with Crippen LogP contribution in [-0.2, 0) is 0 Å². The van der Waals surface area contributed by atoms with Crippen LogP contribution in [0.1, 0.15) is 11.1 Å². The smallest absolute Gasteiger partial charge is 0.138 e. The quantitative estimate of drug-likeness (QED) is 0.486. The van der Waals surface area contributed by atoms with Crippen LogP contribution in [0.2, 0.25) is 0 Å². The third-order valence-electron chi connectivity index (χ3n) is 4.71.